The van der Waals surface area contributed by atoms with E-state index in [1.165, 1.54) is 0 Å². The Bertz CT molecular complexity index is 1120. The summed E-state index contributed by atoms with van der Waals surface area (Å²) in [6, 6.07) is 8.87. The highest BCUT2D eigenvalue weighted by Crippen LogP contribution is 2.25. The van der Waals surface area contributed by atoms with E-state index in [4.69, 9.17) is 16.3 Å². The Hall–Kier alpha value is -2.60. The Morgan fingerprint density at radius 1 is 1.12 bits per heavy atom. The van der Waals surface area contributed by atoms with E-state index in [1.807, 2.05) is 0 Å². The summed E-state index contributed by atoms with van der Waals surface area (Å²) < 4.78 is 59.6. The van der Waals surface area contributed by atoms with Gasteiger partial charge in [-0.1, -0.05) is 29.8 Å². The largest absolute Gasteiger partial charge is 0.360 e. The van der Waals surface area contributed by atoms with Crippen molar-refractivity contribution in [3.05, 3.63) is 64.7 Å². The normalized spacial score (nSPS) is 17.0. The molecule has 1 aliphatic heterocycles. The van der Waals surface area contributed by atoms with Crippen LogP contribution in [0.1, 0.15) is 12.0 Å². The second-order valence-corrected chi connectivity index (χ2v) is 9.12. The Morgan fingerprint density at radius 2 is 1.84 bits per heavy atom. The van der Waals surface area contributed by atoms with Gasteiger partial charge >= 0.3 is 11.8 Å². The molecule has 2 N–H and O–H groups in total. The van der Waals surface area contributed by atoms with Crippen LogP contribution in [0.2, 0.25) is 5.02 Å². The van der Waals surface area contributed by atoms with Crippen LogP contribution in [0.4, 0.5) is 8.78 Å². The van der Waals surface area contributed by atoms with Crippen LogP contribution < -0.4 is 10.6 Å². The zero-order valence-electron chi connectivity index (χ0n) is 16.7. The lowest BCUT2D eigenvalue weighted by Gasteiger charge is -2.34. The van der Waals surface area contributed by atoms with Crippen LogP contribution in [-0.4, -0.2) is 50.5 Å². The quantitative estimate of drug-likeness (QED) is 0.604. The molecule has 1 saturated heterocycles. The van der Waals surface area contributed by atoms with Crippen LogP contribution >= 0.6 is 11.6 Å². The zero-order chi connectivity index (χ0) is 23.3. The smallest absolute Gasteiger partial charge is 0.309 e. The highest BCUT2D eigenvalue weighted by Gasteiger charge is 2.36. The first-order chi connectivity index (χ1) is 15.2. The van der Waals surface area contributed by atoms with Gasteiger partial charge in [-0.3, -0.25) is 9.59 Å². The van der Waals surface area contributed by atoms with E-state index >= 15 is 0 Å². The molecule has 12 heteroatoms. The molecule has 3 rings (SSSR count). The van der Waals surface area contributed by atoms with Crippen LogP contribution in [0, 0.1) is 11.6 Å². The topological polar surface area (TPSA) is 105 Å². The highest BCUT2D eigenvalue weighted by atomic mass is 35.5. The van der Waals surface area contributed by atoms with Crippen molar-refractivity contribution < 1.29 is 31.5 Å². The van der Waals surface area contributed by atoms with Crippen molar-refractivity contribution in [2.75, 3.05) is 19.7 Å². The monoisotopic (exact) mass is 487 g/mol. The number of amides is 2. The summed E-state index contributed by atoms with van der Waals surface area (Å²) in [5, 5.41) is 5.13. The first kappa shape index (κ1) is 24.1. The Labute approximate surface area is 188 Å². The number of benzene rings is 2. The van der Waals surface area contributed by atoms with Crippen molar-refractivity contribution in [1.29, 1.82) is 0 Å². The molecule has 172 valence electrons. The average molecular weight is 488 g/mol. The predicted molar refractivity (Wildman–Crippen MR) is 111 cm³/mol. The Morgan fingerprint density at radius 3 is 2.59 bits per heavy atom. The fraction of sp³-hybridized carbons (Fsp3) is 0.300. The molecule has 2 amide bonds. The Balaban J connectivity index is 1.64. The van der Waals surface area contributed by atoms with Crippen molar-refractivity contribution >= 4 is 33.4 Å². The zero-order valence-corrected chi connectivity index (χ0v) is 18.3. The molecule has 2 aromatic rings. The molecule has 0 aromatic heterocycles. The second kappa shape index (κ2) is 10.3. The molecule has 2 aromatic carbocycles. The number of ether oxygens (including phenoxy) is 1. The number of carbonyl (C=O) groups excluding carboxylic acids is 2. The van der Waals surface area contributed by atoms with Crippen molar-refractivity contribution in [1.82, 2.24) is 14.9 Å². The van der Waals surface area contributed by atoms with E-state index < -0.39 is 44.6 Å². The summed E-state index contributed by atoms with van der Waals surface area (Å²) >= 11 is 6.00. The Kier molecular flexibility index (Phi) is 7.77. The molecule has 0 saturated carbocycles. The highest BCUT2D eigenvalue weighted by molar-refractivity contribution is 7.89. The molecule has 1 fully saturated rings. The number of nitrogens with zero attached hydrogens (tertiary/aromatic N) is 1. The summed E-state index contributed by atoms with van der Waals surface area (Å²) in [6.45, 7) is -0.186. The first-order valence-corrected chi connectivity index (χ1v) is 11.4. The van der Waals surface area contributed by atoms with Gasteiger partial charge in [-0.05, 0) is 36.2 Å². The molecular weight excluding hydrogens is 468 g/mol. The minimum atomic E-state index is -4.46. The number of halogens is 3. The van der Waals surface area contributed by atoms with Crippen molar-refractivity contribution in [2.24, 2.45) is 0 Å². The summed E-state index contributed by atoms with van der Waals surface area (Å²) in [7, 11) is -4.46. The summed E-state index contributed by atoms with van der Waals surface area (Å²) in [5.74, 6) is -3.99. The molecule has 8 nitrogen and oxygen atoms in total. The van der Waals surface area contributed by atoms with E-state index in [0.29, 0.717) is 29.1 Å². The third kappa shape index (κ3) is 5.60. The fourth-order valence-electron chi connectivity index (χ4n) is 3.06. The number of sulfonamides is 1. The van der Waals surface area contributed by atoms with Crippen LogP contribution in [-0.2, 0) is 30.9 Å². The van der Waals surface area contributed by atoms with Crippen LogP contribution in [0.3, 0.4) is 0 Å². The molecular formula is C20H20ClF2N3O5S. The van der Waals surface area contributed by atoms with Gasteiger partial charge in [-0.25, -0.2) is 17.2 Å². The van der Waals surface area contributed by atoms with Gasteiger partial charge in [-0.2, -0.15) is 4.31 Å². The first-order valence-electron chi connectivity index (χ1n) is 9.58. The molecule has 32 heavy (non-hydrogen) atoms. The molecule has 1 atom stereocenters. The number of hydrogen-bond acceptors (Lipinski definition) is 5. The molecule has 0 bridgehead atoms. The second-order valence-electron chi connectivity index (χ2n) is 6.85. The molecule has 0 unspecified atom stereocenters. The molecule has 0 spiro atoms. The third-order valence-corrected chi connectivity index (χ3v) is 6.95. The van der Waals surface area contributed by atoms with E-state index in [1.54, 1.807) is 24.3 Å². The van der Waals surface area contributed by atoms with Gasteiger partial charge in [0.25, 0.3) is 0 Å². The van der Waals surface area contributed by atoms with Gasteiger partial charge in [0.15, 0.2) is 0 Å². The molecule has 1 aliphatic rings. The summed E-state index contributed by atoms with van der Waals surface area (Å²) in [5.41, 5.74) is 0.611. The lowest BCUT2D eigenvalue weighted by molar-refractivity contribution is -0.140. The summed E-state index contributed by atoms with van der Waals surface area (Å²) in [4.78, 5) is 23.3. The SMILES string of the molecule is O=C(NCc1ccccc1Cl)C(=O)NC[C@H]1OCCCN1S(=O)(=O)c1cc(F)ccc1F. The third-order valence-electron chi connectivity index (χ3n) is 4.67. The van der Waals surface area contributed by atoms with Crippen molar-refractivity contribution in [2.45, 2.75) is 24.1 Å². The van der Waals surface area contributed by atoms with Gasteiger partial charge in [0.2, 0.25) is 10.0 Å². The molecule has 0 aliphatic carbocycles. The number of nitrogens with one attached hydrogen (secondary N) is 2. The van der Waals surface area contributed by atoms with Gasteiger partial charge < -0.3 is 15.4 Å². The average Bonchev–Trinajstić information content (AvgIpc) is 2.78. The maximum Gasteiger partial charge on any atom is 0.309 e. The lowest BCUT2D eigenvalue weighted by Crippen LogP contribution is -2.53. The van der Waals surface area contributed by atoms with Gasteiger partial charge in [0.1, 0.15) is 22.8 Å². The van der Waals surface area contributed by atoms with E-state index in [0.717, 1.165) is 10.4 Å². The van der Waals surface area contributed by atoms with E-state index in [-0.39, 0.29) is 26.2 Å². The van der Waals surface area contributed by atoms with Crippen LogP contribution in [0.5, 0.6) is 0 Å². The van der Waals surface area contributed by atoms with Crippen LogP contribution in [0.15, 0.2) is 47.4 Å². The lowest BCUT2D eigenvalue weighted by atomic mass is 10.2. The van der Waals surface area contributed by atoms with Crippen molar-refractivity contribution in [3.8, 4) is 0 Å². The number of carbonyl (C=O) groups is 2. The summed E-state index contributed by atoms with van der Waals surface area (Å²) in [6.07, 6.45) is -0.879. The molecule has 0 radical (unpaired) electrons. The maximum absolute atomic E-state index is 14.1. The standard InChI is InChI=1S/C20H20ClF2N3O5S/c21-15-5-2-1-4-13(15)11-24-19(27)20(28)25-12-18-26(8-3-9-31-18)32(29,30)17-10-14(22)6-7-16(17)23/h1-2,4-7,10,18H,3,8-9,11-12H2,(H,24,27)(H,25,28)/t18-/m1/s1. The van der Waals surface area contributed by atoms with E-state index in [9.17, 15) is 26.8 Å². The predicted octanol–water partition coefficient (Wildman–Crippen LogP) is 1.79. The molecule has 1 heterocycles. The van der Waals surface area contributed by atoms with Gasteiger partial charge in [0.05, 0.1) is 13.2 Å². The van der Waals surface area contributed by atoms with Gasteiger partial charge in [-0.15, -0.1) is 0 Å². The fourth-order valence-corrected chi connectivity index (χ4v) is 4.91. The minimum Gasteiger partial charge on any atom is -0.360 e. The van der Waals surface area contributed by atoms with Crippen LogP contribution in [0.25, 0.3) is 0 Å². The van der Waals surface area contributed by atoms with Gasteiger partial charge in [0, 0.05) is 18.1 Å². The number of hydrogen-bond donors (Lipinski definition) is 2. The van der Waals surface area contributed by atoms with E-state index in [2.05, 4.69) is 10.6 Å². The van der Waals surface area contributed by atoms with Crippen molar-refractivity contribution in [3.63, 3.8) is 0 Å². The minimum absolute atomic E-state index is 0.0191. The maximum atomic E-state index is 14.1. The number of rotatable bonds is 6.